The van der Waals surface area contributed by atoms with Crippen molar-refractivity contribution in [3.05, 3.63) is 11.7 Å². The Bertz CT molecular complexity index is 420. The van der Waals surface area contributed by atoms with Crippen LogP contribution in [0.25, 0.3) is 0 Å². The number of carbonyl (C=O) groups excluding carboxylic acids is 1. The number of halogens is 2. The first kappa shape index (κ1) is 14.5. The van der Waals surface area contributed by atoms with Crippen LogP contribution in [0.1, 0.15) is 25.6 Å². The molecule has 0 spiro atoms. The van der Waals surface area contributed by atoms with Gasteiger partial charge in [-0.25, -0.2) is 0 Å². The maximum Gasteiger partial charge on any atom is 0.349 e. The number of hydrogen-bond donors (Lipinski definition) is 2. The van der Waals surface area contributed by atoms with Gasteiger partial charge in [0.05, 0.1) is 6.54 Å². The number of aryl methyl sites for hydroxylation is 1. The number of rotatable bonds is 5. The monoisotopic (exact) mass is 263 g/mol. The first-order valence-corrected chi connectivity index (χ1v) is 5.38. The normalized spacial score (nSPS) is 13.7. The molecule has 1 rings (SSSR count). The molecule has 0 saturated heterocycles. The Balaban J connectivity index is 2.59. The fourth-order valence-corrected chi connectivity index (χ4v) is 1.24. The summed E-state index contributed by atoms with van der Waals surface area (Å²) in [5.74, 6) is -5.80. The lowest BCUT2D eigenvalue weighted by molar-refractivity contribution is -0.168. The average Bonchev–Trinajstić information content (AvgIpc) is 2.70. The molecule has 1 heterocycles. The second-order valence-corrected chi connectivity index (χ2v) is 4.23. The van der Waals surface area contributed by atoms with Crippen molar-refractivity contribution in [2.75, 3.05) is 0 Å². The van der Waals surface area contributed by atoms with Crippen molar-refractivity contribution in [1.82, 2.24) is 15.5 Å². The number of aromatic nitrogens is 2. The molecule has 0 aliphatic rings. The van der Waals surface area contributed by atoms with Crippen LogP contribution >= 0.6 is 0 Å². The van der Waals surface area contributed by atoms with Crippen LogP contribution in [0.15, 0.2) is 4.52 Å². The van der Waals surface area contributed by atoms with Gasteiger partial charge in [0.2, 0.25) is 5.89 Å². The van der Waals surface area contributed by atoms with Gasteiger partial charge in [0.1, 0.15) is 6.10 Å². The van der Waals surface area contributed by atoms with Crippen LogP contribution in [0.4, 0.5) is 8.78 Å². The van der Waals surface area contributed by atoms with E-state index in [-0.39, 0.29) is 12.4 Å². The van der Waals surface area contributed by atoms with E-state index >= 15 is 0 Å². The molecule has 1 unspecified atom stereocenters. The highest BCUT2D eigenvalue weighted by Gasteiger charge is 2.47. The zero-order chi connectivity index (χ0) is 13.9. The third-order valence-corrected chi connectivity index (χ3v) is 2.28. The van der Waals surface area contributed by atoms with Crippen LogP contribution in [-0.4, -0.2) is 33.2 Å². The number of hydrogen-bond acceptors (Lipinski definition) is 5. The van der Waals surface area contributed by atoms with Crippen molar-refractivity contribution in [2.45, 2.75) is 39.3 Å². The molecular weight excluding hydrogens is 248 g/mol. The minimum atomic E-state index is -3.86. The fraction of sp³-hybridized carbons (Fsp3) is 0.700. The van der Waals surface area contributed by atoms with Crippen molar-refractivity contribution >= 4 is 5.91 Å². The molecule has 0 bridgehead atoms. The molecule has 1 atom stereocenters. The molecule has 0 radical (unpaired) electrons. The summed E-state index contributed by atoms with van der Waals surface area (Å²) in [4.78, 5) is 15.0. The summed E-state index contributed by atoms with van der Waals surface area (Å²) < 4.78 is 31.5. The van der Waals surface area contributed by atoms with E-state index in [1.807, 2.05) is 5.32 Å². The number of nitrogens with zero attached hydrogens (tertiary/aromatic N) is 2. The Morgan fingerprint density at radius 3 is 2.61 bits per heavy atom. The molecule has 8 heteroatoms. The van der Waals surface area contributed by atoms with Gasteiger partial charge in [0.15, 0.2) is 5.82 Å². The average molecular weight is 263 g/mol. The third-order valence-electron chi connectivity index (χ3n) is 2.28. The molecular formula is C10H15F2N3O3. The minimum absolute atomic E-state index is 0.0238. The van der Waals surface area contributed by atoms with E-state index in [1.165, 1.54) is 13.8 Å². The minimum Gasteiger partial charge on any atom is -0.386 e. The van der Waals surface area contributed by atoms with Crippen molar-refractivity contribution in [1.29, 1.82) is 0 Å². The molecule has 102 valence electrons. The zero-order valence-corrected chi connectivity index (χ0v) is 10.3. The number of nitrogens with one attached hydrogen (secondary N) is 1. The number of aliphatic hydroxyl groups is 1. The van der Waals surface area contributed by atoms with Crippen LogP contribution in [0.3, 0.4) is 0 Å². The van der Waals surface area contributed by atoms with Gasteiger partial charge in [-0.2, -0.15) is 13.8 Å². The molecule has 0 fully saturated rings. The molecule has 1 amide bonds. The van der Waals surface area contributed by atoms with Crippen molar-refractivity contribution in [2.24, 2.45) is 5.92 Å². The van der Waals surface area contributed by atoms with Crippen LogP contribution in [0.2, 0.25) is 0 Å². The maximum atomic E-state index is 13.4. The Morgan fingerprint density at radius 2 is 2.17 bits per heavy atom. The summed E-state index contributed by atoms with van der Waals surface area (Å²) in [6, 6.07) is 0. The predicted molar refractivity (Wildman–Crippen MR) is 56.7 cm³/mol. The summed E-state index contributed by atoms with van der Waals surface area (Å²) in [6.07, 6.45) is -2.04. The van der Waals surface area contributed by atoms with Gasteiger partial charge in [-0.3, -0.25) is 4.79 Å². The standard InChI is InChI=1S/C10H15F2N3O3/c1-5(2)8(16)10(11,12)9(17)13-4-7-14-6(3)15-18-7/h5,8,16H,4H2,1-3H3,(H,13,17). The van der Waals surface area contributed by atoms with Gasteiger partial charge in [-0.1, -0.05) is 19.0 Å². The van der Waals surface area contributed by atoms with Gasteiger partial charge < -0.3 is 14.9 Å². The van der Waals surface area contributed by atoms with Gasteiger partial charge >= 0.3 is 5.92 Å². The molecule has 1 aromatic heterocycles. The molecule has 0 saturated carbocycles. The third kappa shape index (κ3) is 3.22. The van der Waals surface area contributed by atoms with Gasteiger partial charge in [0, 0.05) is 0 Å². The summed E-state index contributed by atoms with van der Waals surface area (Å²) in [5, 5.41) is 14.7. The van der Waals surface area contributed by atoms with E-state index in [2.05, 4.69) is 14.7 Å². The van der Waals surface area contributed by atoms with Crippen LogP contribution in [-0.2, 0) is 11.3 Å². The van der Waals surface area contributed by atoms with Crippen LogP contribution in [0.5, 0.6) is 0 Å². The smallest absolute Gasteiger partial charge is 0.349 e. The molecule has 6 nitrogen and oxygen atoms in total. The van der Waals surface area contributed by atoms with E-state index in [9.17, 15) is 18.7 Å². The first-order chi connectivity index (χ1) is 8.25. The van der Waals surface area contributed by atoms with Crippen molar-refractivity contribution < 1.29 is 23.2 Å². The second-order valence-electron chi connectivity index (χ2n) is 4.23. The predicted octanol–water partition coefficient (Wildman–Crippen LogP) is 0.646. The van der Waals surface area contributed by atoms with Crippen molar-refractivity contribution in [3.8, 4) is 0 Å². The zero-order valence-electron chi connectivity index (χ0n) is 10.3. The highest BCUT2D eigenvalue weighted by Crippen LogP contribution is 2.24. The molecule has 0 aromatic carbocycles. The number of carbonyl (C=O) groups is 1. The lowest BCUT2D eigenvalue weighted by Gasteiger charge is -2.23. The Labute approximate surface area is 102 Å². The first-order valence-electron chi connectivity index (χ1n) is 5.38. The Hall–Kier alpha value is -1.57. The second kappa shape index (κ2) is 5.38. The molecule has 0 aliphatic carbocycles. The van der Waals surface area contributed by atoms with E-state index in [1.54, 1.807) is 6.92 Å². The number of alkyl halides is 2. The lowest BCUT2D eigenvalue weighted by Crippen LogP contribution is -2.50. The van der Waals surface area contributed by atoms with E-state index in [0.29, 0.717) is 5.82 Å². The van der Waals surface area contributed by atoms with Gasteiger partial charge in [0.25, 0.3) is 5.91 Å². The van der Waals surface area contributed by atoms with Crippen LogP contribution in [0, 0.1) is 12.8 Å². The number of aliphatic hydroxyl groups excluding tert-OH is 1. The molecule has 1 aromatic rings. The fourth-order valence-electron chi connectivity index (χ4n) is 1.24. The van der Waals surface area contributed by atoms with E-state index in [0.717, 1.165) is 0 Å². The van der Waals surface area contributed by atoms with Gasteiger partial charge in [-0.05, 0) is 12.8 Å². The SMILES string of the molecule is Cc1noc(CNC(=O)C(F)(F)C(O)C(C)C)n1. The molecule has 18 heavy (non-hydrogen) atoms. The highest BCUT2D eigenvalue weighted by molar-refractivity contribution is 5.83. The largest absolute Gasteiger partial charge is 0.386 e. The molecule has 0 aliphatic heterocycles. The highest BCUT2D eigenvalue weighted by atomic mass is 19.3. The Morgan fingerprint density at radius 1 is 1.56 bits per heavy atom. The summed E-state index contributed by atoms with van der Waals surface area (Å²) in [6.45, 7) is 4.05. The topological polar surface area (TPSA) is 88.2 Å². The van der Waals surface area contributed by atoms with Crippen molar-refractivity contribution in [3.63, 3.8) is 0 Å². The summed E-state index contributed by atoms with van der Waals surface area (Å²) in [7, 11) is 0. The Kier molecular flexibility index (Phi) is 4.33. The molecule has 2 N–H and O–H groups in total. The number of amides is 1. The van der Waals surface area contributed by atoms with Gasteiger partial charge in [-0.15, -0.1) is 0 Å². The summed E-state index contributed by atoms with van der Waals surface area (Å²) in [5.41, 5.74) is 0. The maximum absolute atomic E-state index is 13.4. The quantitative estimate of drug-likeness (QED) is 0.814. The summed E-state index contributed by atoms with van der Waals surface area (Å²) >= 11 is 0. The van der Waals surface area contributed by atoms with E-state index < -0.39 is 23.9 Å². The van der Waals surface area contributed by atoms with Crippen LogP contribution < -0.4 is 5.32 Å². The van der Waals surface area contributed by atoms with E-state index in [4.69, 9.17) is 0 Å². The lowest BCUT2D eigenvalue weighted by atomic mass is 10.0.